The van der Waals surface area contributed by atoms with E-state index in [2.05, 4.69) is 17.1 Å². The second-order valence-electron chi connectivity index (χ2n) is 5.62. The third-order valence-corrected chi connectivity index (χ3v) is 4.18. The summed E-state index contributed by atoms with van der Waals surface area (Å²) in [6, 6.07) is 0. The average Bonchev–Trinajstić information content (AvgIpc) is 2.85. The van der Waals surface area contributed by atoms with Gasteiger partial charge < -0.3 is 15.1 Å². The van der Waals surface area contributed by atoms with Gasteiger partial charge in [0.1, 0.15) is 0 Å². The molecule has 1 atom stereocenters. The fraction of sp³-hybridized carbons (Fsp3) is 0.929. The number of amides is 1. The molecule has 18 heavy (non-hydrogen) atoms. The van der Waals surface area contributed by atoms with E-state index in [-0.39, 0.29) is 0 Å². The van der Waals surface area contributed by atoms with Gasteiger partial charge in [-0.15, -0.1) is 0 Å². The Bertz CT molecular complexity index is 264. The van der Waals surface area contributed by atoms with Gasteiger partial charge in [0, 0.05) is 45.7 Å². The first-order valence-electron chi connectivity index (χ1n) is 7.50. The summed E-state index contributed by atoms with van der Waals surface area (Å²) in [6.07, 6.45) is 4.68. The Labute approximate surface area is 111 Å². The largest absolute Gasteiger partial charge is 0.340 e. The highest BCUT2D eigenvalue weighted by atomic mass is 16.2. The molecule has 4 nitrogen and oxygen atoms in total. The molecule has 2 fully saturated rings. The van der Waals surface area contributed by atoms with E-state index in [4.69, 9.17) is 0 Å². The highest BCUT2D eigenvalue weighted by molar-refractivity contribution is 5.76. The lowest BCUT2D eigenvalue weighted by Crippen LogP contribution is -2.47. The van der Waals surface area contributed by atoms with E-state index in [0.717, 1.165) is 38.6 Å². The monoisotopic (exact) mass is 253 g/mol. The molecule has 2 aliphatic rings. The number of piperazine rings is 1. The SMILES string of the molecule is CCCC1CCN(CCC(=O)N2CCNCC2)C1. The molecule has 0 saturated carbocycles. The zero-order valence-electron chi connectivity index (χ0n) is 11.7. The van der Waals surface area contributed by atoms with Crippen molar-refractivity contribution in [1.29, 1.82) is 0 Å². The van der Waals surface area contributed by atoms with Crippen molar-refractivity contribution in [3.63, 3.8) is 0 Å². The van der Waals surface area contributed by atoms with Gasteiger partial charge in [0.15, 0.2) is 0 Å². The van der Waals surface area contributed by atoms with E-state index in [1.165, 1.54) is 32.4 Å². The van der Waals surface area contributed by atoms with Crippen LogP contribution in [0.4, 0.5) is 0 Å². The first-order valence-corrected chi connectivity index (χ1v) is 7.50. The van der Waals surface area contributed by atoms with Gasteiger partial charge in [-0.05, 0) is 25.3 Å². The topological polar surface area (TPSA) is 35.6 Å². The molecule has 2 aliphatic heterocycles. The number of likely N-dealkylation sites (tertiary alicyclic amines) is 1. The predicted molar refractivity (Wildman–Crippen MR) is 73.5 cm³/mol. The number of hydrogen-bond acceptors (Lipinski definition) is 3. The van der Waals surface area contributed by atoms with Crippen LogP contribution in [0.25, 0.3) is 0 Å². The quantitative estimate of drug-likeness (QED) is 0.792. The Kier molecular flexibility index (Phi) is 5.45. The summed E-state index contributed by atoms with van der Waals surface area (Å²) in [5, 5.41) is 3.28. The third kappa shape index (κ3) is 3.95. The molecule has 104 valence electrons. The molecule has 0 aromatic rings. The second kappa shape index (κ2) is 7.10. The van der Waals surface area contributed by atoms with Crippen LogP contribution in [0, 0.1) is 5.92 Å². The minimum absolute atomic E-state index is 0.343. The molecule has 0 spiro atoms. The van der Waals surface area contributed by atoms with Gasteiger partial charge in [-0.3, -0.25) is 4.79 Å². The zero-order valence-corrected chi connectivity index (χ0v) is 11.7. The van der Waals surface area contributed by atoms with E-state index in [1.807, 2.05) is 4.90 Å². The highest BCUT2D eigenvalue weighted by Crippen LogP contribution is 2.20. The van der Waals surface area contributed by atoms with Gasteiger partial charge in [0.05, 0.1) is 0 Å². The van der Waals surface area contributed by atoms with Crippen LogP contribution in [0.3, 0.4) is 0 Å². The number of rotatable bonds is 5. The molecule has 0 aromatic carbocycles. The number of nitrogens with zero attached hydrogens (tertiary/aromatic N) is 2. The number of hydrogen-bond donors (Lipinski definition) is 1. The molecule has 4 heteroatoms. The summed E-state index contributed by atoms with van der Waals surface area (Å²) in [5.74, 6) is 1.22. The van der Waals surface area contributed by atoms with Crippen molar-refractivity contribution in [1.82, 2.24) is 15.1 Å². The minimum atomic E-state index is 0.343. The van der Waals surface area contributed by atoms with E-state index in [0.29, 0.717) is 12.3 Å². The Balaban J connectivity index is 1.64. The zero-order chi connectivity index (χ0) is 12.8. The summed E-state index contributed by atoms with van der Waals surface area (Å²) < 4.78 is 0. The predicted octanol–water partition coefficient (Wildman–Crippen LogP) is 0.930. The Morgan fingerprint density at radius 1 is 1.28 bits per heavy atom. The minimum Gasteiger partial charge on any atom is -0.340 e. The van der Waals surface area contributed by atoms with Crippen LogP contribution >= 0.6 is 0 Å². The average molecular weight is 253 g/mol. The molecule has 0 aromatic heterocycles. The van der Waals surface area contributed by atoms with Gasteiger partial charge >= 0.3 is 0 Å². The molecule has 0 radical (unpaired) electrons. The number of nitrogens with one attached hydrogen (secondary N) is 1. The molecule has 2 rings (SSSR count). The van der Waals surface area contributed by atoms with E-state index in [1.54, 1.807) is 0 Å². The summed E-state index contributed by atoms with van der Waals surface area (Å²) >= 11 is 0. The van der Waals surface area contributed by atoms with Crippen LogP contribution in [0.2, 0.25) is 0 Å². The maximum Gasteiger partial charge on any atom is 0.223 e. The second-order valence-corrected chi connectivity index (χ2v) is 5.62. The van der Waals surface area contributed by atoms with Crippen molar-refractivity contribution in [3.05, 3.63) is 0 Å². The van der Waals surface area contributed by atoms with Crippen molar-refractivity contribution in [3.8, 4) is 0 Å². The van der Waals surface area contributed by atoms with Gasteiger partial charge in [-0.25, -0.2) is 0 Å². The van der Waals surface area contributed by atoms with Crippen LogP contribution in [-0.4, -0.2) is 61.5 Å². The fourth-order valence-electron chi connectivity index (χ4n) is 3.09. The smallest absolute Gasteiger partial charge is 0.223 e. The summed E-state index contributed by atoms with van der Waals surface area (Å²) in [4.78, 5) is 16.5. The van der Waals surface area contributed by atoms with Crippen molar-refractivity contribution in [2.24, 2.45) is 5.92 Å². The van der Waals surface area contributed by atoms with Crippen LogP contribution in [0.5, 0.6) is 0 Å². The lowest BCUT2D eigenvalue weighted by molar-refractivity contribution is -0.132. The van der Waals surface area contributed by atoms with E-state index in [9.17, 15) is 4.79 Å². The summed E-state index contributed by atoms with van der Waals surface area (Å²) in [5.41, 5.74) is 0. The lowest BCUT2D eigenvalue weighted by Gasteiger charge is -2.28. The number of carbonyl (C=O) groups excluding carboxylic acids is 1. The molecular weight excluding hydrogens is 226 g/mol. The first kappa shape index (κ1) is 13.8. The standard InChI is InChI=1S/C14H27N3O/c1-2-3-13-4-8-16(12-13)9-5-14(18)17-10-6-15-7-11-17/h13,15H,2-12H2,1H3. The Morgan fingerprint density at radius 3 is 2.78 bits per heavy atom. The van der Waals surface area contributed by atoms with Crippen molar-refractivity contribution in [2.75, 3.05) is 45.8 Å². The van der Waals surface area contributed by atoms with Crippen LogP contribution in [-0.2, 0) is 4.79 Å². The fourth-order valence-corrected chi connectivity index (χ4v) is 3.09. The molecule has 2 heterocycles. The van der Waals surface area contributed by atoms with E-state index >= 15 is 0 Å². The third-order valence-electron chi connectivity index (χ3n) is 4.18. The van der Waals surface area contributed by atoms with E-state index < -0.39 is 0 Å². The summed E-state index contributed by atoms with van der Waals surface area (Å²) in [7, 11) is 0. The van der Waals surface area contributed by atoms with Crippen molar-refractivity contribution < 1.29 is 4.79 Å². The molecule has 1 N–H and O–H groups in total. The molecule has 0 bridgehead atoms. The Hall–Kier alpha value is -0.610. The molecule has 0 aliphatic carbocycles. The maximum atomic E-state index is 12.0. The molecule has 1 amide bonds. The van der Waals surface area contributed by atoms with Gasteiger partial charge in [-0.2, -0.15) is 0 Å². The molecule has 1 unspecified atom stereocenters. The highest BCUT2D eigenvalue weighted by Gasteiger charge is 2.23. The number of carbonyl (C=O) groups is 1. The van der Waals surface area contributed by atoms with Crippen molar-refractivity contribution >= 4 is 5.91 Å². The van der Waals surface area contributed by atoms with Gasteiger partial charge in [-0.1, -0.05) is 13.3 Å². The van der Waals surface area contributed by atoms with Gasteiger partial charge in [0.2, 0.25) is 5.91 Å². The molecule has 2 saturated heterocycles. The maximum absolute atomic E-state index is 12.0. The molecular formula is C14H27N3O. The summed E-state index contributed by atoms with van der Waals surface area (Å²) in [6.45, 7) is 9.30. The van der Waals surface area contributed by atoms with Crippen molar-refractivity contribution in [2.45, 2.75) is 32.6 Å². The Morgan fingerprint density at radius 2 is 2.06 bits per heavy atom. The van der Waals surface area contributed by atoms with Crippen LogP contribution in [0.1, 0.15) is 32.6 Å². The first-order chi connectivity index (χ1) is 8.79. The normalized spacial score (nSPS) is 25.6. The van der Waals surface area contributed by atoms with Crippen LogP contribution < -0.4 is 5.32 Å². The van der Waals surface area contributed by atoms with Crippen LogP contribution in [0.15, 0.2) is 0 Å². The lowest BCUT2D eigenvalue weighted by atomic mass is 10.0. The van der Waals surface area contributed by atoms with Gasteiger partial charge in [0.25, 0.3) is 0 Å².